The van der Waals surface area contributed by atoms with Crippen molar-refractivity contribution in [2.24, 2.45) is 0 Å². The Morgan fingerprint density at radius 2 is 2.00 bits per heavy atom. The van der Waals surface area contributed by atoms with E-state index in [1.165, 1.54) is 6.92 Å². The first-order valence-electron chi connectivity index (χ1n) is 7.41. The van der Waals surface area contributed by atoms with Gasteiger partial charge in [-0.3, -0.25) is 4.79 Å². The van der Waals surface area contributed by atoms with Gasteiger partial charge >= 0.3 is 0 Å². The largest absolute Gasteiger partial charge is 0.371 e. The number of hydrogen-bond donors (Lipinski definition) is 1. The Labute approximate surface area is 128 Å². The molecule has 2 fully saturated rings. The second-order valence-electron chi connectivity index (χ2n) is 5.81. The summed E-state index contributed by atoms with van der Waals surface area (Å²) in [6.07, 6.45) is 1.33. The van der Waals surface area contributed by atoms with E-state index in [0.29, 0.717) is 37.7 Å². The number of nitrogens with one attached hydrogen (secondary N) is 1. The van der Waals surface area contributed by atoms with Gasteiger partial charge in [0.2, 0.25) is 5.91 Å². The van der Waals surface area contributed by atoms with Gasteiger partial charge < -0.3 is 19.7 Å². The first kappa shape index (κ1) is 15.2. The highest BCUT2D eigenvalue weighted by molar-refractivity contribution is 5.73. The maximum Gasteiger partial charge on any atom is 0.217 e. The van der Waals surface area contributed by atoms with Crippen molar-refractivity contribution in [3.63, 3.8) is 0 Å². The molecule has 2 aliphatic rings. The number of fused-ring (bicyclic) bond motifs is 1. The van der Waals surface area contributed by atoms with Crippen LogP contribution in [0.3, 0.4) is 0 Å². The molecular weight excluding hydrogens is 289 g/mol. The number of carbonyl (C=O) groups excluding carboxylic acids is 1. The van der Waals surface area contributed by atoms with E-state index < -0.39 is 0 Å². The molecule has 6 nitrogen and oxygen atoms in total. The Morgan fingerprint density at radius 1 is 1.36 bits per heavy atom. The van der Waals surface area contributed by atoms with E-state index in [4.69, 9.17) is 9.47 Å². The third kappa shape index (κ3) is 3.05. The molecule has 3 heterocycles. The van der Waals surface area contributed by atoms with Gasteiger partial charge in [-0.1, -0.05) is 0 Å². The average Bonchev–Trinajstić information content (AvgIpc) is 2.79. The van der Waals surface area contributed by atoms with Crippen LogP contribution in [0.2, 0.25) is 0 Å². The minimum atomic E-state index is -0.296. The number of aryl methyl sites for hydroxylation is 1. The number of pyridine rings is 1. The normalized spacial score (nSPS) is 25.7. The van der Waals surface area contributed by atoms with Crippen molar-refractivity contribution >= 4 is 11.7 Å². The standard InChI is InChI=1S/C15H20FN3O3/c1-9-3-4-17-15(14(9)16)19-5-12-13(6-19)22-8-11(7-21-12)18-10(2)20/h3-4,11-13H,5-8H2,1-2H3,(H,18,20)/t12-,13-/m0/s1. The third-order valence-electron chi connectivity index (χ3n) is 4.01. The van der Waals surface area contributed by atoms with Crippen LogP contribution in [0.25, 0.3) is 0 Å². The number of aromatic nitrogens is 1. The van der Waals surface area contributed by atoms with Crippen LogP contribution in [0, 0.1) is 12.7 Å². The highest BCUT2D eigenvalue weighted by Crippen LogP contribution is 2.27. The van der Waals surface area contributed by atoms with Crippen LogP contribution in [-0.4, -0.2) is 55.4 Å². The molecule has 2 atom stereocenters. The lowest BCUT2D eigenvalue weighted by molar-refractivity contribution is -0.120. The van der Waals surface area contributed by atoms with Crippen LogP contribution in [0.1, 0.15) is 12.5 Å². The van der Waals surface area contributed by atoms with Crippen LogP contribution < -0.4 is 10.2 Å². The Kier molecular flexibility index (Phi) is 4.26. The van der Waals surface area contributed by atoms with Crippen molar-refractivity contribution in [2.75, 3.05) is 31.2 Å². The van der Waals surface area contributed by atoms with E-state index in [1.54, 1.807) is 19.2 Å². The molecule has 0 unspecified atom stereocenters. The van der Waals surface area contributed by atoms with Crippen LogP contribution in [-0.2, 0) is 14.3 Å². The van der Waals surface area contributed by atoms with Gasteiger partial charge in [0.1, 0.15) is 12.2 Å². The molecule has 1 amide bonds. The molecule has 120 valence electrons. The molecule has 2 saturated heterocycles. The van der Waals surface area contributed by atoms with E-state index >= 15 is 0 Å². The summed E-state index contributed by atoms with van der Waals surface area (Å²) in [5.41, 5.74) is 0.574. The first-order valence-corrected chi connectivity index (χ1v) is 7.41. The molecule has 0 saturated carbocycles. The zero-order chi connectivity index (χ0) is 15.7. The SMILES string of the molecule is CC(=O)NC1CO[C@H]2CN(c3nccc(C)c3F)C[C@@H]2OC1. The highest BCUT2D eigenvalue weighted by Gasteiger charge is 2.38. The Hall–Kier alpha value is -1.73. The van der Waals surface area contributed by atoms with Crippen LogP contribution in [0.15, 0.2) is 12.3 Å². The van der Waals surface area contributed by atoms with E-state index in [2.05, 4.69) is 10.3 Å². The lowest BCUT2D eigenvalue weighted by Crippen LogP contribution is -2.40. The van der Waals surface area contributed by atoms with Crippen molar-refractivity contribution in [1.29, 1.82) is 0 Å². The van der Waals surface area contributed by atoms with Crippen LogP contribution in [0.4, 0.5) is 10.2 Å². The lowest BCUT2D eigenvalue weighted by atomic mass is 10.2. The van der Waals surface area contributed by atoms with E-state index in [9.17, 15) is 9.18 Å². The van der Waals surface area contributed by atoms with Crippen LogP contribution in [0.5, 0.6) is 0 Å². The summed E-state index contributed by atoms with van der Waals surface area (Å²) in [5, 5.41) is 2.80. The highest BCUT2D eigenvalue weighted by atomic mass is 19.1. The molecule has 0 spiro atoms. The zero-order valence-corrected chi connectivity index (χ0v) is 12.7. The van der Waals surface area contributed by atoms with Gasteiger partial charge in [-0.25, -0.2) is 9.37 Å². The average molecular weight is 309 g/mol. The summed E-state index contributed by atoms with van der Waals surface area (Å²) in [7, 11) is 0. The van der Waals surface area contributed by atoms with Gasteiger partial charge in [-0.2, -0.15) is 0 Å². The minimum absolute atomic E-state index is 0.100. The third-order valence-corrected chi connectivity index (χ3v) is 4.01. The van der Waals surface area contributed by atoms with E-state index in [1.807, 2.05) is 4.90 Å². The molecule has 2 aliphatic heterocycles. The summed E-state index contributed by atoms with van der Waals surface area (Å²) >= 11 is 0. The second-order valence-corrected chi connectivity index (χ2v) is 5.81. The molecule has 0 aliphatic carbocycles. The predicted octanol–water partition coefficient (Wildman–Crippen LogP) is 0.638. The summed E-state index contributed by atoms with van der Waals surface area (Å²) in [6.45, 7) is 5.06. The number of halogens is 1. The van der Waals surface area contributed by atoms with Crippen molar-refractivity contribution in [2.45, 2.75) is 32.1 Å². The Morgan fingerprint density at radius 3 is 2.59 bits per heavy atom. The number of anilines is 1. The van der Waals surface area contributed by atoms with Gasteiger partial charge in [-0.15, -0.1) is 0 Å². The van der Waals surface area contributed by atoms with Gasteiger partial charge in [0.25, 0.3) is 0 Å². The smallest absolute Gasteiger partial charge is 0.217 e. The van der Waals surface area contributed by atoms with Gasteiger partial charge in [0.05, 0.1) is 19.3 Å². The molecular formula is C15H20FN3O3. The number of nitrogens with zero attached hydrogens (tertiary/aromatic N) is 2. The monoisotopic (exact) mass is 309 g/mol. The maximum atomic E-state index is 14.2. The molecule has 1 aromatic heterocycles. The van der Waals surface area contributed by atoms with Gasteiger partial charge in [0, 0.05) is 26.2 Å². The fourth-order valence-electron chi connectivity index (χ4n) is 2.88. The fourth-order valence-corrected chi connectivity index (χ4v) is 2.88. The topological polar surface area (TPSA) is 63.7 Å². The molecule has 1 N–H and O–H groups in total. The minimum Gasteiger partial charge on any atom is -0.371 e. The number of carbonyl (C=O) groups is 1. The van der Waals surface area contributed by atoms with Gasteiger partial charge in [-0.05, 0) is 18.6 Å². The van der Waals surface area contributed by atoms with Crippen molar-refractivity contribution < 1.29 is 18.7 Å². The lowest BCUT2D eigenvalue weighted by Gasteiger charge is -2.20. The first-order chi connectivity index (χ1) is 10.5. The van der Waals surface area contributed by atoms with Crippen LogP contribution >= 0.6 is 0 Å². The molecule has 0 aromatic carbocycles. The Balaban J connectivity index is 1.66. The van der Waals surface area contributed by atoms with Crippen molar-refractivity contribution in [3.8, 4) is 0 Å². The maximum absolute atomic E-state index is 14.2. The molecule has 3 rings (SSSR count). The van der Waals surface area contributed by atoms with Gasteiger partial charge in [0.15, 0.2) is 11.6 Å². The second kappa shape index (κ2) is 6.18. The summed E-state index contributed by atoms with van der Waals surface area (Å²) in [4.78, 5) is 17.1. The molecule has 7 heteroatoms. The Bertz CT molecular complexity index is 553. The number of ether oxygens (including phenoxy) is 2. The van der Waals surface area contributed by atoms with E-state index in [0.717, 1.165) is 0 Å². The van der Waals surface area contributed by atoms with Crippen molar-refractivity contribution in [3.05, 3.63) is 23.6 Å². The summed E-state index contributed by atoms with van der Waals surface area (Å²) < 4.78 is 25.8. The summed E-state index contributed by atoms with van der Waals surface area (Å²) in [6, 6.07) is 1.52. The molecule has 0 radical (unpaired) electrons. The number of amides is 1. The molecule has 1 aromatic rings. The predicted molar refractivity (Wildman–Crippen MR) is 78.2 cm³/mol. The van der Waals surface area contributed by atoms with Crippen molar-refractivity contribution in [1.82, 2.24) is 10.3 Å². The molecule has 0 bridgehead atoms. The fraction of sp³-hybridized carbons (Fsp3) is 0.600. The summed E-state index contributed by atoms with van der Waals surface area (Å²) in [5.74, 6) is -0.0503. The number of hydrogen-bond acceptors (Lipinski definition) is 5. The number of rotatable bonds is 2. The quantitative estimate of drug-likeness (QED) is 0.868. The van der Waals surface area contributed by atoms with E-state index in [-0.39, 0.29) is 30.0 Å². The zero-order valence-electron chi connectivity index (χ0n) is 12.7. The molecule has 22 heavy (non-hydrogen) atoms.